The van der Waals surface area contributed by atoms with Crippen molar-refractivity contribution in [2.24, 2.45) is 0 Å². The summed E-state index contributed by atoms with van der Waals surface area (Å²) < 4.78 is 22.5. The highest BCUT2D eigenvalue weighted by atomic mass is 16.5. The van der Waals surface area contributed by atoms with Crippen LogP contribution in [-0.4, -0.2) is 112 Å². The maximum Gasteiger partial charge on any atom is 0.232 e. The number of morpholine rings is 2. The summed E-state index contributed by atoms with van der Waals surface area (Å²) in [5.74, 6) is 0.804. The number of aliphatic hydroxyl groups excluding tert-OH is 1. The number of rotatable bonds is 12. The highest BCUT2D eigenvalue weighted by molar-refractivity contribution is 5.68. The van der Waals surface area contributed by atoms with Crippen LogP contribution in [0.4, 0.5) is 5.88 Å². The number of aromatic nitrogens is 1. The first kappa shape index (κ1) is 25.1. The summed E-state index contributed by atoms with van der Waals surface area (Å²) >= 11 is 0. The normalized spacial score (nSPS) is 18.5. The second-order valence-corrected chi connectivity index (χ2v) is 8.78. The molecular formula is C25H38N4O5. The topological polar surface area (TPSA) is 83.7 Å². The van der Waals surface area contributed by atoms with Crippen molar-refractivity contribution >= 4 is 5.88 Å². The standard InChI is InChI=1S/C25H38N4O5/c1-2-31-20-22(30)18-28(9-8-27-10-14-32-15-11-27)19-23-24(21-6-4-3-5-7-21)26-34-25(23)29-12-16-33-17-13-29/h3-7,22,30H,2,8-20H2,1H3/t22-/m0/s1. The lowest BCUT2D eigenvalue weighted by molar-refractivity contribution is 0.00987. The van der Waals surface area contributed by atoms with E-state index in [1.807, 2.05) is 25.1 Å². The van der Waals surface area contributed by atoms with Crippen molar-refractivity contribution in [3.8, 4) is 11.3 Å². The second kappa shape index (κ2) is 13.2. The molecule has 0 amide bonds. The first-order valence-corrected chi connectivity index (χ1v) is 12.4. The van der Waals surface area contributed by atoms with Gasteiger partial charge in [-0.2, -0.15) is 0 Å². The Labute approximate surface area is 202 Å². The highest BCUT2D eigenvalue weighted by Gasteiger charge is 2.26. The van der Waals surface area contributed by atoms with Crippen molar-refractivity contribution in [3.63, 3.8) is 0 Å². The first-order chi connectivity index (χ1) is 16.7. The molecule has 9 heteroatoms. The molecule has 1 aromatic carbocycles. The molecule has 0 aliphatic carbocycles. The molecule has 2 aliphatic heterocycles. The smallest absolute Gasteiger partial charge is 0.232 e. The van der Waals surface area contributed by atoms with Crippen LogP contribution in [0.2, 0.25) is 0 Å². The van der Waals surface area contributed by atoms with Crippen molar-refractivity contribution in [1.29, 1.82) is 0 Å². The van der Waals surface area contributed by atoms with Crippen LogP contribution in [0, 0.1) is 0 Å². The molecule has 0 radical (unpaired) electrons. The number of anilines is 1. The molecule has 3 heterocycles. The monoisotopic (exact) mass is 474 g/mol. The Kier molecular flexibility index (Phi) is 9.73. The zero-order valence-electron chi connectivity index (χ0n) is 20.2. The van der Waals surface area contributed by atoms with Gasteiger partial charge in [0.2, 0.25) is 5.88 Å². The average Bonchev–Trinajstić information content (AvgIpc) is 3.31. The Bertz CT molecular complexity index is 837. The van der Waals surface area contributed by atoms with Crippen LogP contribution < -0.4 is 4.90 Å². The molecule has 0 saturated carbocycles. The van der Waals surface area contributed by atoms with Gasteiger partial charge in [-0.05, 0) is 6.92 Å². The maximum absolute atomic E-state index is 10.7. The van der Waals surface area contributed by atoms with Gasteiger partial charge in [-0.25, -0.2) is 0 Å². The van der Waals surface area contributed by atoms with E-state index >= 15 is 0 Å². The Morgan fingerprint density at radius 1 is 1.06 bits per heavy atom. The predicted octanol–water partition coefficient (Wildman–Crippen LogP) is 1.71. The summed E-state index contributed by atoms with van der Waals surface area (Å²) in [5, 5.41) is 15.1. The van der Waals surface area contributed by atoms with Crippen LogP contribution in [-0.2, 0) is 20.8 Å². The lowest BCUT2D eigenvalue weighted by Gasteiger charge is -2.32. The molecule has 1 aromatic heterocycles. The summed E-state index contributed by atoms with van der Waals surface area (Å²) in [7, 11) is 0. The van der Waals surface area contributed by atoms with Crippen LogP contribution in [0.25, 0.3) is 11.3 Å². The second-order valence-electron chi connectivity index (χ2n) is 8.78. The lowest BCUT2D eigenvalue weighted by Crippen LogP contribution is -2.43. The Morgan fingerprint density at radius 2 is 1.76 bits per heavy atom. The van der Waals surface area contributed by atoms with Crippen molar-refractivity contribution in [1.82, 2.24) is 15.0 Å². The molecular weight excluding hydrogens is 436 g/mol. The predicted molar refractivity (Wildman–Crippen MR) is 130 cm³/mol. The SMILES string of the molecule is CCOC[C@@H](O)CN(CCN1CCOCC1)Cc1c(-c2ccccc2)noc1N1CCOCC1. The van der Waals surface area contributed by atoms with Gasteiger partial charge in [-0.1, -0.05) is 35.5 Å². The third-order valence-corrected chi connectivity index (χ3v) is 6.31. The van der Waals surface area contributed by atoms with Gasteiger partial charge in [0.05, 0.1) is 44.7 Å². The molecule has 2 aliphatic rings. The Morgan fingerprint density at radius 3 is 2.47 bits per heavy atom. The minimum Gasteiger partial charge on any atom is -0.389 e. The fourth-order valence-corrected chi connectivity index (χ4v) is 4.45. The average molecular weight is 475 g/mol. The molecule has 4 rings (SSSR count). The van der Waals surface area contributed by atoms with E-state index in [1.165, 1.54) is 0 Å². The van der Waals surface area contributed by atoms with Gasteiger partial charge in [-0.15, -0.1) is 0 Å². The minimum atomic E-state index is -0.559. The van der Waals surface area contributed by atoms with Gasteiger partial charge in [0.1, 0.15) is 5.69 Å². The molecule has 1 atom stereocenters. The van der Waals surface area contributed by atoms with Crippen LogP contribution in [0.5, 0.6) is 0 Å². The molecule has 0 spiro atoms. The van der Waals surface area contributed by atoms with Crippen LogP contribution >= 0.6 is 0 Å². The van der Waals surface area contributed by atoms with Crippen molar-refractivity contribution in [2.75, 3.05) is 90.4 Å². The minimum absolute atomic E-state index is 0.329. The lowest BCUT2D eigenvalue weighted by atomic mass is 10.1. The molecule has 1 N–H and O–H groups in total. The highest BCUT2D eigenvalue weighted by Crippen LogP contribution is 2.33. The number of hydrogen-bond acceptors (Lipinski definition) is 9. The quantitative estimate of drug-likeness (QED) is 0.494. The summed E-state index contributed by atoms with van der Waals surface area (Å²) in [6.07, 6.45) is -0.559. The molecule has 2 saturated heterocycles. The molecule has 188 valence electrons. The van der Waals surface area contributed by atoms with Crippen molar-refractivity contribution < 1.29 is 23.8 Å². The zero-order chi connectivity index (χ0) is 23.6. The largest absolute Gasteiger partial charge is 0.389 e. The number of benzene rings is 1. The van der Waals surface area contributed by atoms with E-state index < -0.39 is 6.10 Å². The van der Waals surface area contributed by atoms with Crippen LogP contribution in [0.3, 0.4) is 0 Å². The van der Waals surface area contributed by atoms with E-state index in [0.29, 0.717) is 39.5 Å². The zero-order valence-corrected chi connectivity index (χ0v) is 20.2. The number of ether oxygens (including phenoxy) is 3. The summed E-state index contributed by atoms with van der Waals surface area (Å²) in [5.41, 5.74) is 2.94. The van der Waals surface area contributed by atoms with Gasteiger partial charge in [0.25, 0.3) is 0 Å². The molecule has 2 fully saturated rings. The van der Waals surface area contributed by atoms with E-state index in [1.54, 1.807) is 0 Å². The maximum atomic E-state index is 10.7. The van der Waals surface area contributed by atoms with E-state index in [9.17, 15) is 5.11 Å². The van der Waals surface area contributed by atoms with Gasteiger partial charge in [-0.3, -0.25) is 9.80 Å². The summed E-state index contributed by atoms with van der Waals surface area (Å²) in [6, 6.07) is 10.2. The fourth-order valence-electron chi connectivity index (χ4n) is 4.45. The summed E-state index contributed by atoms with van der Waals surface area (Å²) in [6.45, 7) is 12.1. The number of hydrogen-bond donors (Lipinski definition) is 1. The Hall–Kier alpha value is -2.01. The van der Waals surface area contributed by atoms with E-state index in [4.69, 9.17) is 18.7 Å². The molecule has 34 heavy (non-hydrogen) atoms. The number of nitrogens with zero attached hydrogens (tertiary/aromatic N) is 4. The van der Waals surface area contributed by atoms with E-state index in [-0.39, 0.29) is 0 Å². The van der Waals surface area contributed by atoms with Gasteiger partial charge in [0, 0.05) is 64.5 Å². The van der Waals surface area contributed by atoms with Crippen LogP contribution in [0.1, 0.15) is 12.5 Å². The Balaban J connectivity index is 1.56. The first-order valence-electron chi connectivity index (χ1n) is 12.4. The molecule has 0 unspecified atom stereocenters. The van der Waals surface area contributed by atoms with Gasteiger partial charge in [0.15, 0.2) is 0 Å². The van der Waals surface area contributed by atoms with Crippen molar-refractivity contribution in [3.05, 3.63) is 35.9 Å². The van der Waals surface area contributed by atoms with E-state index in [0.717, 1.165) is 75.2 Å². The third kappa shape index (κ3) is 7.00. The van der Waals surface area contributed by atoms with E-state index in [2.05, 4.69) is 32.0 Å². The van der Waals surface area contributed by atoms with Crippen molar-refractivity contribution in [2.45, 2.75) is 19.6 Å². The molecule has 0 bridgehead atoms. The van der Waals surface area contributed by atoms with Gasteiger partial charge < -0.3 is 28.7 Å². The summed E-state index contributed by atoms with van der Waals surface area (Å²) in [4.78, 5) is 6.93. The van der Waals surface area contributed by atoms with Gasteiger partial charge >= 0.3 is 0 Å². The third-order valence-electron chi connectivity index (χ3n) is 6.31. The molecule has 9 nitrogen and oxygen atoms in total. The fraction of sp³-hybridized carbons (Fsp3) is 0.640. The molecule has 2 aromatic rings. The van der Waals surface area contributed by atoms with Crippen LogP contribution in [0.15, 0.2) is 34.9 Å². The number of aliphatic hydroxyl groups is 1.